The molecule has 1 amide bonds. The van der Waals surface area contributed by atoms with Gasteiger partial charge in [0.25, 0.3) is 0 Å². The smallest absolute Gasteiger partial charge is 0.314 e. The summed E-state index contributed by atoms with van der Waals surface area (Å²) in [4.78, 5) is 23.6. The van der Waals surface area contributed by atoms with Crippen LogP contribution in [0.2, 0.25) is 0 Å². The molecule has 1 unspecified atom stereocenters. The third-order valence-electron chi connectivity index (χ3n) is 3.47. The number of nitrogens with one attached hydrogen (secondary N) is 1. The molecule has 1 heterocycles. The van der Waals surface area contributed by atoms with Crippen molar-refractivity contribution in [3.63, 3.8) is 0 Å². The number of aliphatic carboxylic acids is 1. The second-order valence-electron chi connectivity index (χ2n) is 5.09. The first kappa shape index (κ1) is 14.8. The van der Waals surface area contributed by atoms with Gasteiger partial charge in [0.1, 0.15) is 0 Å². The summed E-state index contributed by atoms with van der Waals surface area (Å²) in [7, 11) is 0. The van der Waals surface area contributed by atoms with Crippen molar-refractivity contribution < 1.29 is 19.1 Å². The predicted molar refractivity (Wildman–Crippen MR) is 76.6 cm³/mol. The molecule has 0 aliphatic rings. The minimum absolute atomic E-state index is 0.121. The average molecular weight is 287 g/mol. The molecule has 0 saturated carbocycles. The van der Waals surface area contributed by atoms with Gasteiger partial charge in [0, 0.05) is 18.5 Å². The number of amides is 1. The molecule has 110 valence electrons. The van der Waals surface area contributed by atoms with Crippen LogP contribution >= 0.6 is 0 Å². The zero-order valence-corrected chi connectivity index (χ0v) is 11.7. The number of hydrogen-bond donors (Lipinski definition) is 2. The first-order valence-electron chi connectivity index (χ1n) is 6.59. The minimum Gasteiger partial charge on any atom is -0.481 e. The van der Waals surface area contributed by atoms with E-state index in [2.05, 4.69) is 5.32 Å². The zero-order chi connectivity index (χ0) is 15.3. The van der Waals surface area contributed by atoms with E-state index in [1.807, 2.05) is 6.07 Å². The second kappa shape index (κ2) is 6.26. The van der Waals surface area contributed by atoms with Crippen LogP contribution in [-0.4, -0.2) is 17.0 Å². The highest BCUT2D eigenvalue weighted by Crippen LogP contribution is 2.28. The van der Waals surface area contributed by atoms with Crippen molar-refractivity contribution in [1.29, 1.82) is 0 Å². The summed E-state index contributed by atoms with van der Waals surface area (Å²) in [6.45, 7) is 1.88. The number of carbonyl (C=O) groups excluding carboxylic acids is 1. The van der Waals surface area contributed by atoms with Crippen LogP contribution in [-0.2, 0) is 21.5 Å². The third-order valence-corrected chi connectivity index (χ3v) is 3.47. The molecule has 5 nitrogen and oxygen atoms in total. The lowest BCUT2D eigenvalue weighted by Gasteiger charge is -2.24. The molecule has 0 aliphatic carbocycles. The number of rotatable bonds is 6. The van der Waals surface area contributed by atoms with E-state index < -0.39 is 11.4 Å². The number of furan rings is 1. The normalized spacial score (nSPS) is 13.4. The van der Waals surface area contributed by atoms with Gasteiger partial charge in [0.05, 0.1) is 17.9 Å². The van der Waals surface area contributed by atoms with Crippen LogP contribution in [0.5, 0.6) is 0 Å². The molecule has 0 radical (unpaired) electrons. The van der Waals surface area contributed by atoms with E-state index in [1.165, 1.54) is 12.5 Å². The molecule has 1 aromatic carbocycles. The van der Waals surface area contributed by atoms with Crippen LogP contribution in [0.15, 0.2) is 53.3 Å². The summed E-state index contributed by atoms with van der Waals surface area (Å²) in [5, 5.41) is 12.2. The Morgan fingerprint density at radius 3 is 2.52 bits per heavy atom. The number of carboxylic acids is 1. The summed E-state index contributed by atoms with van der Waals surface area (Å²) in [5.74, 6) is -1.34. The van der Waals surface area contributed by atoms with Crippen LogP contribution in [0.3, 0.4) is 0 Å². The Morgan fingerprint density at radius 1 is 1.24 bits per heavy atom. The summed E-state index contributed by atoms with van der Waals surface area (Å²) in [6, 6.07) is 10.5. The first-order chi connectivity index (χ1) is 10.0. The molecule has 2 aromatic rings. The molecule has 5 heteroatoms. The highest BCUT2D eigenvalue weighted by molar-refractivity contribution is 5.89. The van der Waals surface area contributed by atoms with E-state index >= 15 is 0 Å². The van der Waals surface area contributed by atoms with Gasteiger partial charge in [-0.2, -0.15) is 0 Å². The van der Waals surface area contributed by atoms with Gasteiger partial charge in [0.2, 0.25) is 5.91 Å². The van der Waals surface area contributed by atoms with E-state index in [0.717, 1.165) is 5.56 Å². The van der Waals surface area contributed by atoms with Gasteiger partial charge < -0.3 is 14.8 Å². The molecule has 2 rings (SSSR count). The highest BCUT2D eigenvalue weighted by Gasteiger charge is 2.37. The van der Waals surface area contributed by atoms with E-state index in [9.17, 15) is 14.7 Å². The van der Waals surface area contributed by atoms with Gasteiger partial charge in [-0.1, -0.05) is 30.3 Å². The molecule has 21 heavy (non-hydrogen) atoms. The van der Waals surface area contributed by atoms with E-state index in [1.54, 1.807) is 37.3 Å². The first-order valence-corrected chi connectivity index (χ1v) is 6.59. The number of hydrogen-bond acceptors (Lipinski definition) is 3. The maximum atomic E-state index is 12.0. The molecule has 0 aliphatic heterocycles. The quantitative estimate of drug-likeness (QED) is 0.854. The summed E-state index contributed by atoms with van der Waals surface area (Å²) < 4.78 is 4.91. The molecule has 0 fully saturated rings. The number of carbonyl (C=O) groups is 2. The van der Waals surface area contributed by atoms with Gasteiger partial charge in [-0.05, 0) is 18.6 Å². The Hall–Kier alpha value is -2.56. The Labute approximate surface area is 122 Å². The fraction of sp³-hybridized carbons (Fsp3) is 0.250. The van der Waals surface area contributed by atoms with Crippen molar-refractivity contribution in [2.24, 2.45) is 0 Å². The maximum Gasteiger partial charge on any atom is 0.314 e. The van der Waals surface area contributed by atoms with Crippen LogP contribution in [0.4, 0.5) is 0 Å². The number of benzene rings is 1. The Balaban J connectivity index is 2.06. The van der Waals surface area contributed by atoms with Gasteiger partial charge in [-0.3, -0.25) is 9.59 Å². The van der Waals surface area contributed by atoms with Gasteiger partial charge >= 0.3 is 5.97 Å². The summed E-state index contributed by atoms with van der Waals surface area (Å²) >= 11 is 0. The monoisotopic (exact) mass is 287 g/mol. The van der Waals surface area contributed by atoms with Crippen molar-refractivity contribution >= 4 is 11.9 Å². The molecule has 2 N–H and O–H groups in total. The average Bonchev–Trinajstić information content (AvgIpc) is 2.99. The number of carboxylic acid groups (broad SMARTS) is 1. The molecule has 0 spiro atoms. The van der Waals surface area contributed by atoms with Crippen molar-refractivity contribution in [1.82, 2.24) is 5.32 Å². The van der Waals surface area contributed by atoms with E-state index in [4.69, 9.17) is 4.42 Å². The van der Waals surface area contributed by atoms with Crippen LogP contribution in [0, 0.1) is 0 Å². The Bertz CT molecular complexity index is 606. The second-order valence-corrected chi connectivity index (χ2v) is 5.09. The molecule has 1 atom stereocenters. The zero-order valence-electron chi connectivity index (χ0n) is 11.7. The fourth-order valence-corrected chi connectivity index (χ4v) is 2.08. The van der Waals surface area contributed by atoms with Crippen LogP contribution in [0.1, 0.15) is 24.5 Å². The molecule has 1 aromatic heterocycles. The predicted octanol–water partition coefficient (Wildman–Crippen LogP) is 2.33. The largest absolute Gasteiger partial charge is 0.481 e. The standard InChI is InChI=1S/C16H17NO4/c1-16(15(19)20,13-5-3-2-4-6-13)9-14(18)17-10-12-7-8-21-11-12/h2-8,11H,9-10H2,1H3,(H,17,18)(H,19,20). The highest BCUT2D eigenvalue weighted by atomic mass is 16.4. The van der Waals surface area contributed by atoms with E-state index in [0.29, 0.717) is 12.1 Å². The van der Waals surface area contributed by atoms with Gasteiger partial charge in [-0.25, -0.2) is 0 Å². The molecular formula is C16H17NO4. The van der Waals surface area contributed by atoms with Crippen molar-refractivity contribution in [3.05, 3.63) is 60.1 Å². The summed E-state index contributed by atoms with van der Waals surface area (Å²) in [6.07, 6.45) is 2.94. The van der Waals surface area contributed by atoms with Gasteiger partial charge in [-0.15, -0.1) is 0 Å². The van der Waals surface area contributed by atoms with Crippen LogP contribution in [0.25, 0.3) is 0 Å². The SMILES string of the molecule is CC(CC(=O)NCc1ccoc1)(C(=O)O)c1ccccc1. The maximum absolute atomic E-state index is 12.0. The molecular weight excluding hydrogens is 270 g/mol. The minimum atomic E-state index is -1.25. The van der Waals surface area contributed by atoms with Crippen molar-refractivity contribution in [2.75, 3.05) is 0 Å². The van der Waals surface area contributed by atoms with E-state index in [-0.39, 0.29) is 12.3 Å². The lowest BCUT2D eigenvalue weighted by Crippen LogP contribution is -2.38. The van der Waals surface area contributed by atoms with Crippen molar-refractivity contribution in [2.45, 2.75) is 25.3 Å². The molecule has 0 saturated heterocycles. The summed E-state index contributed by atoms with van der Waals surface area (Å²) in [5.41, 5.74) is 0.193. The van der Waals surface area contributed by atoms with Crippen LogP contribution < -0.4 is 5.32 Å². The third kappa shape index (κ3) is 3.51. The lowest BCUT2D eigenvalue weighted by atomic mass is 9.79. The molecule has 0 bridgehead atoms. The fourth-order valence-electron chi connectivity index (χ4n) is 2.08. The van der Waals surface area contributed by atoms with Crippen molar-refractivity contribution in [3.8, 4) is 0 Å². The Morgan fingerprint density at radius 2 is 1.95 bits per heavy atom. The Kier molecular flexibility index (Phi) is 4.42. The lowest BCUT2D eigenvalue weighted by molar-refractivity contribution is -0.145. The van der Waals surface area contributed by atoms with Gasteiger partial charge in [0.15, 0.2) is 0 Å². The topological polar surface area (TPSA) is 79.5 Å².